The van der Waals surface area contributed by atoms with Crippen LogP contribution in [0.3, 0.4) is 0 Å². The Labute approximate surface area is 149 Å². The van der Waals surface area contributed by atoms with Gasteiger partial charge in [0.05, 0.1) is 11.4 Å². The number of pyridine rings is 1. The summed E-state index contributed by atoms with van der Waals surface area (Å²) in [7, 11) is 0. The van der Waals surface area contributed by atoms with Crippen molar-refractivity contribution in [3.8, 4) is 11.3 Å². The van der Waals surface area contributed by atoms with Gasteiger partial charge < -0.3 is 5.32 Å². The molecule has 1 fully saturated rings. The maximum Gasteiger partial charge on any atom is 0.118 e. The Morgan fingerprint density at radius 1 is 1.04 bits per heavy atom. The third-order valence-corrected chi connectivity index (χ3v) is 5.34. The van der Waals surface area contributed by atoms with Gasteiger partial charge in [0, 0.05) is 11.3 Å². The topological polar surface area (TPSA) is 37.3 Å². The highest BCUT2D eigenvalue weighted by Crippen LogP contribution is 2.32. The molecular weight excluding hydrogens is 306 g/mol. The van der Waals surface area contributed by atoms with Gasteiger partial charge in [0.25, 0.3) is 0 Å². The van der Waals surface area contributed by atoms with Crippen molar-refractivity contribution in [2.45, 2.75) is 38.1 Å². The highest BCUT2D eigenvalue weighted by atomic mass is 14.9. The number of rotatable bonds is 3. The number of nitrogens with one attached hydrogen (secondary N) is 1. The molecule has 0 radical (unpaired) electrons. The van der Waals surface area contributed by atoms with E-state index in [4.69, 9.17) is 9.98 Å². The van der Waals surface area contributed by atoms with E-state index in [0.717, 1.165) is 30.2 Å². The fourth-order valence-corrected chi connectivity index (χ4v) is 3.83. The van der Waals surface area contributed by atoms with Crippen LogP contribution in [0.4, 0.5) is 0 Å². The minimum absolute atomic E-state index is 0.338. The Balaban J connectivity index is 1.60. The molecule has 0 spiro atoms. The van der Waals surface area contributed by atoms with Crippen molar-refractivity contribution >= 4 is 5.71 Å². The van der Waals surface area contributed by atoms with E-state index in [1.807, 2.05) is 6.92 Å². The standard InChI is InChI=1S/C22H25N3/c1-16-10-13-22(2,25-16)21-5-3-4-20(24-21)19-8-6-17(7-9-19)18-11-14-23-15-12-18/h3-10,13,18,23H,11-12,14-15H2,1-2H3. The predicted molar refractivity (Wildman–Crippen MR) is 104 cm³/mol. The molecule has 1 aromatic carbocycles. The van der Waals surface area contributed by atoms with Crippen molar-refractivity contribution in [2.24, 2.45) is 4.99 Å². The van der Waals surface area contributed by atoms with Crippen LogP contribution in [-0.2, 0) is 5.54 Å². The lowest BCUT2D eigenvalue weighted by Gasteiger charge is -2.23. The first-order chi connectivity index (χ1) is 12.1. The first-order valence-electron chi connectivity index (χ1n) is 9.18. The van der Waals surface area contributed by atoms with Gasteiger partial charge in [0.15, 0.2) is 0 Å². The second-order valence-corrected chi connectivity index (χ2v) is 7.29. The number of aliphatic imine (C=N–C) groups is 1. The number of allylic oxidation sites excluding steroid dienone is 1. The Morgan fingerprint density at radius 2 is 1.80 bits per heavy atom. The van der Waals surface area contributed by atoms with Gasteiger partial charge in [-0.1, -0.05) is 30.3 Å². The molecule has 3 heteroatoms. The SMILES string of the molecule is CC1=NC(C)(c2cccc(-c3ccc(C4CCNCC4)cc3)n2)C=C1. The van der Waals surface area contributed by atoms with Crippen molar-refractivity contribution in [1.29, 1.82) is 0 Å². The van der Waals surface area contributed by atoms with Crippen LogP contribution in [-0.4, -0.2) is 23.8 Å². The third kappa shape index (κ3) is 3.29. The normalized spacial score (nSPS) is 23.7. The van der Waals surface area contributed by atoms with Crippen LogP contribution in [0.5, 0.6) is 0 Å². The summed E-state index contributed by atoms with van der Waals surface area (Å²) in [5.41, 5.74) is 5.36. The van der Waals surface area contributed by atoms with E-state index < -0.39 is 0 Å². The molecule has 2 aromatic rings. The summed E-state index contributed by atoms with van der Waals surface area (Å²) in [4.78, 5) is 9.64. The maximum atomic E-state index is 4.91. The molecule has 1 unspecified atom stereocenters. The first-order valence-corrected chi connectivity index (χ1v) is 9.18. The van der Waals surface area contributed by atoms with Gasteiger partial charge in [-0.15, -0.1) is 0 Å². The molecule has 0 amide bonds. The Hall–Kier alpha value is -2.26. The fourth-order valence-electron chi connectivity index (χ4n) is 3.83. The lowest BCUT2D eigenvalue weighted by Crippen LogP contribution is -2.26. The quantitative estimate of drug-likeness (QED) is 0.901. The minimum Gasteiger partial charge on any atom is -0.317 e. The molecule has 0 bridgehead atoms. The number of hydrogen-bond donors (Lipinski definition) is 1. The Bertz CT molecular complexity index is 813. The van der Waals surface area contributed by atoms with E-state index in [0.29, 0.717) is 5.92 Å². The van der Waals surface area contributed by atoms with Crippen molar-refractivity contribution < 1.29 is 0 Å². The van der Waals surface area contributed by atoms with E-state index in [1.54, 1.807) is 0 Å². The highest BCUT2D eigenvalue weighted by Gasteiger charge is 2.27. The fraction of sp³-hybridized carbons (Fsp3) is 0.364. The van der Waals surface area contributed by atoms with Crippen molar-refractivity contribution in [2.75, 3.05) is 13.1 Å². The third-order valence-electron chi connectivity index (χ3n) is 5.34. The largest absolute Gasteiger partial charge is 0.317 e. The molecular formula is C22H25N3. The van der Waals surface area contributed by atoms with E-state index in [-0.39, 0.29) is 5.54 Å². The number of benzene rings is 1. The number of aromatic nitrogens is 1. The summed E-state index contributed by atoms with van der Waals surface area (Å²) in [6.45, 7) is 6.40. The van der Waals surface area contributed by atoms with Crippen molar-refractivity contribution in [3.63, 3.8) is 0 Å². The Morgan fingerprint density at radius 3 is 2.48 bits per heavy atom. The molecule has 0 saturated carbocycles. The first kappa shape index (κ1) is 16.2. The number of piperidine rings is 1. The summed E-state index contributed by atoms with van der Waals surface area (Å²) in [6, 6.07) is 15.2. The number of nitrogens with zero attached hydrogens (tertiary/aromatic N) is 2. The zero-order valence-corrected chi connectivity index (χ0v) is 15.0. The van der Waals surface area contributed by atoms with Crippen LogP contribution in [0.15, 0.2) is 59.6 Å². The molecule has 25 heavy (non-hydrogen) atoms. The van der Waals surface area contributed by atoms with Crippen molar-refractivity contribution in [3.05, 3.63) is 65.9 Å². The molecule has 1 saturated heterocycles. The maximum absolute atomic E-state index is 4.91. The molecule has 0 aliphatic carbocycles. The lowest BCUT2D eigenvalue weighted by molar-refractivity contribution is 0.460. The minimum atomic E-state index is -0.338. The molecule has 3 nitrogen and oxygen atoms in total. The van der Waals surface area contributed by atoms with Gasteiger partial charge in [0.2, 0.25) is 0 Å². The van der Waals surface area contributed by atoms with Crippen LogP contribution in [0.25, 0.3) is 11.3 Å². The van der Waals surface area contributed by atoms with Crippen LogP contribution in [0.1, 0.15) is 43.9 Å². The average Bonchev–Trinajstić information content (AvgIpc) is 3.03. The molecule has 1 aromatic heterocycles. The summed E-state index contributed by atoms with van der Waals surface area (Å²) >= 11 is 0. The predicted octanol–water partition coefficient (Wildman–Crippen LogP) is 4.46. The van der Waals surface area contributed by atoms with Crippen LogP contribution < -0.4 is 5.32 Å². The molecule has 2 aliphatic rings. The molecule has 3 heterocycles. The summed E-state index contributed by atoms with van der Waals surface area (Å²) in [5.74, 6) is 0.689. The van der Waals surface area contributed by atoms with Crippen molar-refractivity contribution in [1.82, 2.24) is 10.3 Å². The monoisotopic (exact) mass is 331 g/mol. The van der Waals surface area contributed by atoms with Gasteiger partial charge in [-0.05, 0) is 75.5 Å². The summed E-state index contributed by atoms with van der Waals surface area (Å²) in [5, 5.41) is 3.44. The van der Waals surface area contributed by atoms with E-state index in [9.17, 15) is 0 Å². The zero-order chi connectivity index (χ0) is 17.3. The van der Waals surface area contributed by atoms with Crippen LogP contribution >= 0.6 is 0 Å². The lowest BCUT2D eigenvalue weighted by atomic mass is 9.89. The molecule has 2 aliphatic heterocycles. The molecule has 128 valence electrons. The van der Waals surface area contributed by atoms with Gasteiger partial charge in [0.1, 0.15) is 5.54 Å². The second kappa shape index (κ2) is 6.57. The zero-order valence-electron chi connectivity index (χ0n) is 15.0. The summed E-state index contributed by atoms with van der Waals surface area (Å²) in [6.07, 6.45) is 6.67. The molecule has 1 atom stereocenters. The summed E-state index contributed by atoms with van der Waals surface area (Å²) < 4.78 is 0. The number of hydrogen-bond acceptors (Lipinski definition) is 3. The molecule has 4 rings (SSSR count). The molecule has 1 N–H and O–H groups in total. The average molecular weight is 331 g/mol. The second-order valence-electron chi connectivity index (χ2n) is 7.29. The van der Waals surface area contributed by atoms with E-state index in [1.165, 1.54) is 24.0 Å². The highest BCUT2D eigenvalue weighted by molar-refractivity contribution is 5.95. The van der Waals surface area contributed by atoms with E-state index in [2.05, 4.69) is 66.9 Å². The van der Waals surface area contributed by atoms with Gasteiger partial charge in [-0.3, -0.25) is 4.99 Å². The van der Waals surface area contributed by atoms with Gasteiger partial charge in [-0.2, -0.15) is 0 Å². The Kier molecular flexibility index (Phi) is 4.26. The van der Waals surface area contributed by atoms with Gasteiger partial charge in [-0.25, -0.2) is 4.98 Å². The van der Waals surface area contributed by atoms with Gasteiger partial charge >= 0.3 is 0 Å². The van der Waals surface area contributed by atoms with Crippen LogP contribution in [0, 0.1) is 0 Å². The smallest absolute Gasteiger partial charge is 0.118 e. The van der Waals surface area contributed by atoms with E-state index >= 15 is 0 Å². The van der Waals surface area contributed by atoms with Crippen LogP contribution in [0.2, 0.25) is 0 Å².